The molecular formula is C23H26N4O6S. The molecule has 2 aromatic rings. The Labute approximate surface area is 202 Å². The lowest BCUT2D eigenvalue weighted by Crippen LogP contribution is -2.49. The van der Waals surface area contributed by atoms with E-state index in [1.54, 1.807) is 30.3 Å². The van der Waals surface area contributed by atoms with Crippen molar-refractivity contribution >= 4 is 40.7 Å². The van der Waals surface area contributed by atoms with Crippen molar-refractivity contribution in [2.24, 2.45) is 0 Å². The molecule has 1 atom stereocenters. The van der Waals surface area contributed by atoms with E-state index >= 15 is 0 Å². The molecule has 0 saturated carbocycles. The molecule has 1 aliphatic heterocycles. The number of hydrazine groups is 1. The fraction of sp³-hybridized carbons (Fsp3) is 0.304. The summed E-state index contributed by atoms with van der Waals surface area (Å²) in [5.74, 6) is 0.167. The zero-order valence-corrected chi connectivity index (χ0v) is 20.1. The topological polar surface area (TPSA) is 109 Å². The fourth-order valence-corrected chi connectivity index (χ4v) is 3.59. The van der Waals surface area contributed by atoms with Crippen LogP contribution in [-0.2, 0) is 9.59 Å². The number of anilines is 1. The van der Waals surface area contributed by atoms with E-state index in [0.717, 1.165) is 0 Å². The van der Waals surface area contributed by atoms with Gasteiger partial charge in [0.25, 0.3) is 11.8 Å². The second-order valence-corrected chi connectivity index (χ2v) is 7.68. The molecule has 11 heteroatoms. The van der Waals surface area contributed by atoms with Gasteiger partial charge in [0.2, 0.25) is 5.91 Å². The van der Waals surface area contributed by atoms with Gasteiger partial charge in [-0.2, -0.15) is 0 Å². The van der Waals surface area contributed by atoms with Crippen molar-refractivity contribution in [3.05, 3.63) is 48.0 Å². The summed E-state index contributed by atoms with van der Waals surface area (Å²) in [6.45, 7) is 2.41. The zero-order chi connectivity index (χ0) is 24.8. The van der Waals surface area contributed by atoms with Gasteiger partial charge >= 0.3 is 0 Å². The summed E-state index contributed by atoms with van der Waals surface area (Å²) in [7, 11) is 4.43. The van der Waals surface area contributed by atoms with Crippen molar-refractivity contribution in [1.29, 1.82) is 0 Å². The van der Waals surface area contributed by atoms with E-state index in [1.165, 1.54) is 43.3 Å². The average molecular weight is 487 g/mol. The normalized spacial score (nSPS) is 15.2. The van der Waals surface area contributed by atoms with Crippen LogP contribution in [0, 0.1) is 0 Å². The highest BCUT2D eigenvalue weighted by Gasteiger charge is 2.42. The Hall–Kier alpha value is -3.86. The first kappa shape index (κ1) is 24.8. The van der Waals surface area contributed by atoms with Crippen LogP contribution < -0.4 is 25.0 Å². The minimum Gasteiger partial charge on any atom is -0.497 e. The van der Waals surface area contributed by atoms with Gasteiger partial charge in [-0.25, -0.2) is 5.01 Å². The maximum Gasteiger partial charge on any atom is 0.270 e. The smallest absolute Gasteiger partial charge is 0.270 e. The molecule has 1 unspecified atom stereocenters. The molecule has 0 bridgehead atoms. The Kier molecular flexibility index (Phi) is 7.90. The van der Waals surface area contributed by atoms with Crippen molar-refractivity contribution in [1.82, 2.24) is 15.3 Å². The summed E-state index contributed by atoms with van der Waals surface area (Å²) in [6.07, 6.45) is -0.224. The third-order valence-corrected chi connectivity index (χ3v) is 5.55. The van der Waals surface area contributed by atoms with E-state index < -0.39 is 23.8 Å². The van der Waals surface area contributed by atoms with E-state index in [1.807, 2.05) is 6.92 Å². The summed E-state index contributed by atoms with van der Waals surface area (Å²) < 4.78 is 15.8. The molecule has 3 rings (SSSR count). The van der Waals surface area contributed by atoms with Gasteiger partial charge in [0.1, 0.15) is 23.3 Å². The van der Waals surface area contributed by atoms with E-state index in [2.05, 4.69) is 10.7 Å². The Morgan fingerprint density at radius 3 is 2.21 bits per heavy atom. The minimum absolute atomic E-state index is 0.0760. The molecular weight excluding hydrogens is 460 g/mol. The first-order chi connectivity index (χ1) is 16.3. The van der Waals surface area contributed by atoms with Crippen LogP contribution >= 0.6 is 12.2 Å². The van der Waals surface area contributed by atoms with Crippen molar-refractivity contribution < 1.29 is 28.6 Å². The molecule has 2 aromatic carbocycles. The second kappa shape index (κ2) is 10.8. The van der Waals surface area contributed by atoms with E-state index in [4.69, 9.17) is 26.4 Å². The SMILES string of the molecule is CCOc1ccc(NC(=O)CC2C(=O)N(C)C(=S)N2NC(=O)c2cc(OC)cc(OC)c2)cc1. The number of ether oxygens (including phenoxy) is 3. The fourth-order valence-electron chi connectivity index (χ4n) is 3.33. The summed E-state index contributed by atoms with van der Waals surface area (Å²) >= 11 is 5.33. The van der Waals surface area contributed by atoms with E-state index in [9.17, 15) is 14.4 Å². The third kappa shape index (κ3) is 5.54. The molecule has 34 heavy (non-hydrogen) atoms. The van der Waals surface area contributed by atoms with Crippen LogP contribution in [0.4, 0.5) is 5.69 Å². The van der Waals surface area contributed by atoms with Crippen molar-refractivity contribution in [2.75, 3.05) is 33.2 Å². The summed E-state index contributed by atoms with van der Waals surface area (Å²) in [4.78, 5) is 39.6. The highest BCUT2D eigenvalue weighted by atomic mass is 32.1. The standard InChI is InChI=1S/C23H26N4O6S/c1-5-33-16-8-6-15(7-9-16)24-20(28)13-19-22(30)26(2)23(34)27(19)25-21(29)14-10-17(31-3)12-18(11-14)32-4/h6-12,19H,5,13H2,1-4H3,(H,24,28)(H,25,29). The van der Waals surface area contributed by atoms with Gasteiger partial charge in [0, 0.05) is 24.4 Å². The van der Waals surface area contributed by atoms with Crippen LogP contribution in [0.3, 0.4) is 0 Å². The van der Waals surface area contributed by atoms with Gasteiger partial charge in [0.05, 0.1) is 27.2 Å². The number of rotatable bonds is 9. The molecule has 0 radical (unpaired) electrons. The first-order valence-corrected chi connectivity index (χ1v) is 10.9. The predicted molar refractivity (Wildman–Crippen MR) is 129 cm³/mol. The number of methoxy groups -OCH3 is 2. The molecule has 0 spiro atoms. The van der Waals surface area contributed by atoms with Crippen LogP contribution in [-0.4, -0.2) is 66.7 Å². The first-order valence-electron chi connectivity index (χ1n) is 10.4. The highest BCUT2D eigenvalue weighted by Crippen LogP contribution is 2.24. The summed E-state index contributed by atoms with van der Waals surface area (Å²) in [5.41, 5.74) is 3.42. The number of likely N-dealkylation sites (N-methyl/N-ethyl adjacent to an activating group) is 1. The molecule has 1 heterocycles. The lowest BCUT2D eigenvalue weighted by Gasteiger charge is -2.24. The van der Waals surface area contributed by atoms with Gasteiger partial charge in [-0.15, -0.1) is 0 Å². The average Bonchev–Trinajstić information content (AvgIpc) is 3.03. The number of benzene rings is 2. The third-order valence-electron chi connectivity index (χ3n) is 5.08. The molecule has 1 fully saturated rings. The number of carbonyl (C=O) groups is 3. The number of nitrogens with one attached hydrogen (secondary N) is 2. The lowest BCUT2D eigenvalue weighted by molar-refractivity contribution is -0.130. The van der Waals surface area contributed by atoms with Gasteiger partial charge in [-0.05, 0) is 55.5 Å². The van der Waals surface area contributed by atoms with Crippen molar-refractivity contribution in [2.45, 2.75) is 19.4 Å². The predicted octanol–water partition coefficient (Wildman–Crippen LogP) is 2.20. The largest absolute Gasteiger partial charge is 0.497 e. The van der Waals surface area contributed by atoms with Gasteiger partial charge in [-0.1, -0.05) is 0 Å². The lowest BCUT2D eigenvalue weighted by atomic mass is 10.1. The van der Waals surface area contributed by atoms with Crippen molar-refractivity contribution in [3.63, 3.8) is 0 Å². The number of hydrogen-bond donors (Lipinski definition) is 2. The Morgan fingerprint density at radius 2 is 1.65 bits per heavy atom. The van der Waals surface area contributed by atoms with Gasteiger partial charge in [-0.3, -0.25) is 24.7 Å². The van der Waals surface area contributed by atoms with Gasteiger partial charge in [0.15, 0.2) is 5.11 Å². The number of thiocarbonyl (C=S) groups is 1. The molecule has 1 aliphatic rings. The Morgan fingerprint density at radius 1 is 1.03 bits per heavy atom. The van der Waals surface area contributed by atoms with Crippen LogP contribution in [0.25, 0.3) is 0 Å². The zero-order valence-electron chi connectivity index (χ0n) is 19.3. The Balaban J connectivity index is 1.73. The van der Waals surface area contributed by atoms with Crippen LogP contribution in [0.15, 0.2) is 42.5 Å². The molecule has 0 aromatic heterocycles. The number of nitrogens with zero attached hydrogens (tertiary/aromatic N) is 2. The van der Waals surface area contributed by atoms with Crippen LogP contribution in [0.2, 0.25) is 0 Å². The number of amides is 3. The highest BCUT2D eigenvalue weighted by molar-refractivity contribution is 7.80. The molecule has 2 N–H and O–H groups in total. The van der Waals surface area contributed by atoms with E-state index in [-0.39, 0.29) is 17.1 Å². The minimum atomic E-state index is -1.00. The molecule has 0 aliphatic carbocycles. The van der Waals surface area contributed by atoms with Crippen LogP contribution in [0.1, 0.15) is 23.7 Å². The summed E-state index contributed by atoms with van der Waals surface area (Å²) in [5, 5.41) is 4.05. The second-order valence-electron chi connectivity index (χ2n) is 7.32. The number of carbonyl (C=O) groups excluding carboxylic acids is 3. The quantitative estimate of drug-likeness (QED) is 0.520. The van der Waals surface area contributed by atoms with Crippen LogP contribution in [0.5, 0.6) is 17.2 Å². The van der Waals surface area contributed by atoms with Crippen molar-refractivity contribution in [3.8, 4) is 17.2 Å². The molecule has 180 valence electrons. The summed E-state index contributed by atoms with van der Waals surface area (Å²) in [6, 6.07) is 10.5. The maximum absolute atomic E-state index is 12.9. The van der Waals surface area contributed by atoms with Gasteiger partial charge < -0.3 is 19.5 Å². The molecule has 1 saturated heterocycles. The maximum atomic E-state index is 12.9. The number of hydrogen-bond acceptors (Lipinski definition) is 7. The van der Waals surface area contributed by atoms with E-state index in [0.29, 0.717) is 29.5 Å². The molecule has 10 nitrogen and oxygen atoms in total. The monoisotopic (exact) mass is 486 g/mol. The molecule has 3 amide bonds. The Bertz CT molecular complexity index is 1070.